The standard InChI is InChI=1S/C12H15N5O4/c1-3-20-10(18)7-17-5-4-13-11(12(17)19)14-6-9-8(2)15-21-16-9/h4-5H,3,6-7H2,1-2H3,(H,13,14). The van der Waals surface area contributed by atoms with Crippen molar-refractivity contribution in [3.8, 4) is 0 Å². The number of hydrogen-bond donors (Lipinski definition) is 1. The Balaban J connectivity index is 2.09. The molecule has 0 atom stereocenters. The zero-order valence-corrected chi connectivity index (χ0v) is 11.7. The molecule has 2 aromatic heterocycles. The topological polar surface area (TPSA) is 112 Å². The fourth-order valence-electron chi connectivity index (χ4n) is 1.62. The van der Waals surface area contributed by atoms with Crippen LogP contribution in [0.5, 0.6) is 0 Å². The van der Waals surface area contributed by atoms with Gasteiger partial charge in [-0.2, -0.15) is 0 Å². The molecule has 0 aromatic carbocycles. The first kappa shape index (κ1) is 14.7. The number of carbonyl (C=O) groups excluding carboxylic acids is 1. The minimum atomic E-state index is -0.478. The van der Waals surface area contributed by atoms with Crippen LogP contribution < -0.4 is 10.9 Å². The molecule has 9 heteroatoms. The third-order valence-electron chi connectivity index (χ3n) is 2.69. The van der Waals surface area contributed by atoms with E-state index in [1.165, 1.54) is 17.0 Å². The Bertz CT molecular complexity index is 678. The van der Waals surface area contributed by atoms with Crippen molar-refractivity contribution in [1.29, 1.82) is 0 Å². The summed E-state index contributed by atoms with van der Waals surface area (Å²) in [5.41, 5.74) is 0.793. The minimum absolute atomic E-state index is 0.115. The molecule has 9 nitrogen and oxygen atoms in total. The van der Waals surface area contributed by atoms with E-state index in [9.17, 15) is 9.59 Å². The Morgan fingerprint density at radius 3 is 2.95 bits per heavy atom. The summed E-state index contributed by atoms with van der Waals surface area (Å²) < 4.78 is 10.6. The van der Waals surface area contributed by atoms with Crippen LogP contribution in [0.1, 0.15) is 18.3 Å². The van der Waals surface area contributed by atoms with E-state index in [0.29, 0.717) is 11.4 Å². The Morgan fingerprint density at radius 2 is 2.29 bits per heavy atom. The van der Waals surface area contributed by atoms with Crippen LogP contribution >= 0.6 is 0 Å². The lowest BCUT2D eigenvalue weighted by molar-refractivity contribution is -0.143. The average molecular weight is 293 g/mol. The van der Waals surface area contributed by atoms with Crippen LogP contribution in [-0.4, -0.2) is 32.4 Å². The van der Waals surface area contributed by atoms with Gasteiger partial charge in [0.05, 0.1) is 13.2 Å². The van der Waals surface area contributed by atoms with E-state index >= 15 is 0 Å². The van der Waals surface area contributed by atoms with Gasteiger partial charge < -0.3 is 10.1 Å². The van der Waals surface area contributed by atoms with Crippen LogP contribution in [-0.2, 0) is 22.6 Å². The molecule has 2 heterocycles. The van der Waals surface area contributed by atoms with Crippen molar-refractivity contribution in [3.63, 3.8) is 0 Å². The van der Waals surface area contributed by atoms with Crippen molar-refractivity contribution in [3.05, 3.63) is 34.1 Å². The largest absolute Gasteiger partial charge is 0.465 e. The Hall–Kier alpha value is -2.71. The van der Waals surface area contributed by atoms with Gasteiger partial charge in [-0.05, 0) is 13.8 Å². The molecule has 112 valence electrons. The quantitative estimate of drug-likeness (QED) is 0.747. The highest BCUT2D eigenvalue weighted by atomic mass is 16.6. The van der Waals surface area contributed by atoms with Crippen molar-refractivity contribution in [2.24, 2.45) is 0 Å². The summed E-state index contributed by atoms with van der Waals surface area (Å²) >= 11 is 0. The maximum Gasteiger partial charge on any atom is 0.326 e. The first-order valence-electron chi connectivity index (χ1n) is 6.34. The molecule has 21 heavy (non-hydrogen) atoms. The number of rotatable bonds is 6. The third kappa shape index (κ3) is 3.65. The number of carbonyl (C=O) groups is 1. The maximum absolute atomic E-state index is 12.1. The minimum Gasteiger partial charge on any atom is -0.465 e. The number of nitrogens with one attached hydrogen (secondary N) is 1. The fraction of sp³-hybridized carbons (Fsp3) is 0.417. The average Bonchev–Trinajstić information content (AvgIpc) is 2.85. The lowest BCUT2D eigenvalue weighted by Crippen LogP contribution is -2.28. The van der Waals surface area contributed by atoms with Gasteiger partial charge in [0.25, 0.3) is 5.56 Å². The Kier molecular flexibility index (Phi) is 4.64. The highest BCUT2D eigenvalue weighted by Gasteiger charge is 2.10. The molecular formula is C12H15N5O4. The molecule has 0 radical (unpaired) electrons. The number of anilines is 1. The molecule has 0 saturated carbocycles. The van der Waals surface area contributed by atoms with Gasteiger partial charge >= 0.3 is 5.97 Å². The zero-order valence-electron chi connectivity index (χ0n) is 11.7. The number of aryl methyl sites for hydroxylation is 1. The normalized spacial score (nSPS) is 10.4. The molecule has 0 saturated heterocycles. The van der Waals surface area contributed by atoms with Gasteiger partial charge in [0.15, 0.2) is 5.82 Å². The number of ether oxygens (including phenoxy) is 1. The Morgan fingerprint density at radius 1 is 1.48 bits per heavy atom. The summed E-state index contributed by atoms with van der Waals surface area (Å²) in [5, 5.41) is 10.2. The summed E-state index contributed by atoms with van der Waals surface area (Å²) in [6.07, 6.45) is 2.85. The summed E-state index contributed by atoms with van der Waals surface area (Å²) in [4.78, 5) is 27.5. The molecular weight excluding hydrogens is 278 g/mol. The summed E-state index contributed by atoms with van der Waals surface area (Å²) in [6.45, 7) is 3.80. The van der Waals surface area contributed by atoms with Crippen LogP contribution in [0.15, 0.2) is 21.8 Å². The predicted molar refractivity (Wildman–Crippen MR) is 71.5 cm³/mol. The molecule has 0 spiro atoms. The van der Waals surface area contributed by atoms with Crippen LogP contribution in [0, 0.1) is 6.92 Å². The van der Waals surface area contributed by atoms with Crippen LogP contribution in [0.2, 0.25) is 0 Å². The number of aromatic nitrogens is 4. The SMILES string of the molecule is CCOC(=O)Cn1ccnc(NCc2nonc2C)c1=O. The Labute approximate surface area is 119 Å². The van der Waals surface area contributed by atoms with E-state index in [1.54, 1.807) is 13.8 Å². The van der Waals surface area contributed by atoms with E-state index in [-0.39, 0.29) is 25.5 Å². The van der Waals surface area contributed by atoms with E-state index in [4.69, 9.17) is 4.74 Å². The van der Waals surface area contributed by atoms with Gasteiger partial charge in [-0.1, -0.05) is 10.3 Å². The van der Waals surface area contributed by atoms with Gasteiger partial charge in [-0.3, -0.25) is 14.2 Å². The second-order valence-electron chi connectivity index (χ2n) is 4.16. The molecule has 1 N–H and O–H groups in total. The van der Waals surface area contributed by atoms with Gasteiger partial charge in [0, 0.05) is 12.4 Å². The first-order chi connectivity index (χ1) is 10.1. The molecule has 0 aliphatic rings. The molecule has 0 aliphatic heterocycles. The maximum atomic E-state index is 12.1. The van der Waals surface area contributed by atoms with Crippen molar-refractivity contribution in [2.75, 3.05) is 11.9 Å². The van der Waals surface area contributed by atoms with E-state index in [0.717, 1.165) is 0 Å². The fourth-order valence-corrected chi connectivity index (χ4v) is 1.62. The summed E-state index contributed by atoms with van der Waals surface area (Å²) in [5.74, 6) is -0.363. The molecule has 2 aromatic rings. The first-order valence-corrected chi connectivity index (χ1v) is 6.34. The monoisotopic (exact) mass is 293 g/mol. The van der Waals surface area contributed by atoms with E-state index < -0.39 is 11.5 Å². The number of esters is 1. The summed E-state index contributed by atoms with van der Waals surface area (Å²) in [7, 11) is 0. The lowest BCUT2D eigenvalue weighted by atomic mass is 10.3. The predicted octanol–water partition coefficient (Wildman–Crippen LogP) is 0.110. The molecule has 0 fully saturated rings. The molecule has 0 aliphatic carbocycles. The molecule has 2 rings (SSSR count). The van der Waals surface area contributed by atoms with Crippen LogP contribution in [0.3, 0.4) is 0 Å². The lowest BCUT2D eigenvalue weighted by Gasteiger charge is -2.07. The van der Waals surface area contributed by atoms with Gasteiger partial charge in [-0.15, -0.1) is 0 Å². The van der Waals surface area contributed by atoms with E-state index in [2.05, 4.69) is 25.2 Å². The number of nitrogens with zero attached hydrogens (tertiary/aromatic N) is 4. The van der Waals surface area contributed by atoms with Gasteiger partial charge in [0.2, 0.25) is 0 Å². The van der Waals surface area contributed by atoms with E-state index in [1.807, 2.05) is 0 Å². The van der Waals surface area contributed by atoms with Crippen molar-refractivity contribution >= 4 is 11.8 Å². The second kappa shape index (κ2) is 6.64. The van der Waals surface area contributed by atoms with Crippen LogP contribution in [0.25, 0.3) is 0 Å². The molecule has 0 amide bonds. The molecule has 0 unspecified atom stereocenters. The summed E-state index contributed by atoms with van der Waals surface area (Å²) in [6, 6.07) is 0. The van der Waals surface area contributed by atoms with Gasteiger partial charge in [0.1, 0.15) is 17.9 Å². The van der Waals surface area contributed by atoms with Gasteiger partial charge in [-0.25, -0.2) is 9.61 Å². The van der Waals surface area contributed by atoms with Crippen molar-refractivity contribution in [1.82, 2.24) is 19.9 Å². The van der Waals surface area contributed by atoms with Crippen LogP contribution in [0.4, 0.5) is 5.82 Å². The number of hydrogen-bond acceptors (Lipinski definition) is 8. The smallest absolute Gasteiger partial charge is 0.326 e. The second-order valence-corrected chi connectivity index (χ2v) is 4.16. The van der Waals surface area contributed by atoms with Crippen molar-refractivity contribution in [2.45, 2.75) is 26.9 Å². The highest BCUT2D eigenvalue weighted by molar-refractivity contribution is 5.69. The third-order valence-corrected chi connectivity index (χ3v) is 2.69. The van der Waals surface area contributed by atoms with Crippen molar-refractivity contribution < 1.29 is 14.2 Å². The zero-order chi connectivity index (χ0) is 15.2. The highest BCUT2D eigenvalue weighted by Crippen LogP contribution is 2.03. The molecule has 0 bridgehead atoms.